The van der Waals surface area contributed by atoms with E-state index in [1.54, 1.807) is 12.0 Å². The van der Waals surface area contributed by atoms with E-state index in [1.807, 2.05) is 60.7 Å². The Balaban J connectivity index is 1.45. The van der Waals surface area contributed by atoms with Crippen LogP contribution in [0.15, 0.2) is 72.8 Å². The minimum atomic E-state index is -2.29. The van der Waals surface area contributed by atoms with E-state index < -0.39 is 13.7 Å². The number of amides is 2. The summed E-state index contributed by atoms with van der Waals surface area (Å²) in [6.45, 7) is 8.35. The van der Waals surface area contributed by atoms with Gasteiger partial charge < -0.3 is 25.2 Å². The highest BCUT2D eigenvalue weighted by Gasteiger charge is 2.66. The number of fused-ring (bicyclic) bond motifs is 2. The molecule has 2 fully saturated rings. The standard InChI is InChI=1S/C35H43N3O5Si/c1-23-32(44(3,4)28-15-13-27(42-2)14-16-28)31(18-20-39)43-35(23)29-21-25(37-33(40)24-9-8-19-36-22-24)12-17-30(29)38(34(35)41)26-10-6-5-7-11-26/h5-7,10-17,21,23-24,31-32,36,39H,8-9,18-20,22H2,1-4H3,(H,37,40)/t23-,24?,31+,32-,35+/m1/s1. The van der Waals surface area contributed by atoms with Gasteiger partial charge >= 0.3 is 0 Å². The molecular weight excluding hydrogens is 570 g/mol. The zero-order valence-corrected chi connectivity index (χ0v) is 27.0. The lowest BCUT2D eigenvalue weighted by Crippen LogP contribution is -2.51. The normalized spacial score (nSPS) is 26.6. The van der Waals surface area contributed by atoms with E-state index in [1.165, 1.54) is 5.19 Å². The van der Waals surface area contributed by atoms with Gasteiger partial charge in [0.1, 0.15) is 5.75 Å². The largest absolute Gasteiger partial charge is 0.497 e. The van der Waals surface area contributed by atoms with Crippen LogP contribution in [0.3, 0.4) is 0 Å². The van der Waals surface area contributed by atoms with E-state index in [0.29, 0.717) is 18.7 Å². The highest BCUT2D eigenvalue weighted by Crippen LogP contribution is 2.61. The molecular formula is C35H43N3O5Si. The molecule has 8 nitrogen and oxygen atoms in total. The Labute approximate surface area is 260 Å². The fraction of sp³-hybridized carbons (Fsp3) is 0.429. The number of piperidine rings is 1. The van der Waals surface area contributed by atoms with Gasteiger partial charge in [0.25, 0.3) is 5.91 Å². The summed E-state index contributed by atoms with van der Waals surface area (Å²) in [5.41, 5.74) is 1.72. The highest BCUT2D eigenvalue weighted by molar-refractivity contribution is 6.91. The molecule has 0 aromatic heterocycles. The molecule has 3 aromatic carbocycles. The summed E-state index contributed by atoms with van der Waals surface area (Å²) < 4.78 is 12.5. The number of nitrogens with zero attached hydrogens (tertiary/aromatic N) is 1. The Bertz CT molecular complexity index is 1510. The number of ether oxygens (including phenoxy) is 2. The lowest BCUT2D eigenvalue weighted by atomic mass is 9.82. The molecule has 232 valence electrons. The number of anilines is 3. The second-order valence-electron chi connectivity index (χ2n) is 12.9. The minimum absolute atomic E-state index is 0.0140. The molecule has 2 saturated heterocycles. The number of methoxy groups -OCH3 is 1. The first kappa shape index (κ1) is 30.5. The van der Waals surface area contributed by atoms with Crippen molar-refractivity contribution in [1.29, 1.82) is 0 Å². The van der Waals surface area contributed by atoms with Crippen LogP contribution in [0.2, 0.25) is 18.6 Å². The Morgan fingerprint density at radius 2 is 1.89 bits per heavy atom. The number of aliphatic hydroxyl groups is 1. The van der Waals surface area contributed by atoms with Crippen molar-refractivity contribution in [1.82, 2.24) is 5.32 Å². The van der Waals surface area contributed by atoms with Crippen molar-refractivity contribution in [2.24, 2.45) is 11.8 Å². The average Bonchev–Trinajstić information content (AvgIpc) is 3.48. The maximum atomic E-state index is 14.9. The first-order valence-electron chi connectivity index (χ1n) is 15.7. The van der Waals surface area contributed by atoms with Crippen LogP contribution in [-0.2, 0) is 19.9 Å². The number of hydrogen-bond acceptors (Lipinski definition) is 6. The predicted octanol–water partition coefficient (Wildman–Crippen LogP) is 4.91. The molecule has 0 radical (unpaired) electrons. The zero-order valence-electron chi connectivity index (χ0n) is 26.0. The van der Waals surface area contributed by atoms with Gasteiger partial charge in [-0.15, -0.1) is 0 Å². The summed E-state index contributed by atoms with van der Waals surface area (Å²) in [6, 6.07) is 23.7. The number of carbonyl (C=O) groups is 2. The van der Waals surface area contributed by atoms with Crippen LogP contribution in [0.5, 0.6) is 5.75 Å². The Morgan fingerprint density at radius 1 is 1.14 bits per heavy atom. The van der Waals surface area contributed by atoms with Crippen LogP contribution in [0.1, 0.15) is 31.7 Å². The molecule has 2 amide bonds. The number of carbonyl (C=O) groups excluding carboxylic acids is 2. The van der Waals surface area contributed by atoms with Crippen molar-refractivity contribution in [3.05, 3.63) is 78.4 Å². The Hall–Kier alpha value is -3.50. The molecule has 44 heavy (non-hydrogen) atoms. The van der Waals surface area contributed by atoms with Gasteiger partial charge in [0.2, 0.25) is 5.91 Å². The summed E-state index contributed by atoms with van der Waals surface area (Å²) in [6.07, 6.45) is 1.93. The molecule has 3 aliphatic rings. The number of aliphatic hydroxyl groups excluding tert-OH is 1. The van der Waals surface area contributed by atoms with E-state index in [4.69, 9.17) is 9.47 Å². The van der Waals surface area contributed by atoms with Gasteiger partial charge in [-0.1, -0.05) is 55.5 Å². The number of hydrogen-bond donors (Lipinski definition) is 3. The number of rotatable bonds is 8. The predicted molar refractivity (Wildman–Crippen MR) is 176 cm³/mol. The van der Waals surface area contributed by atoms with Gasteiger partial charge in [0, 0.05) is 36.0 Å². The van der Waals surface area contributed by atoms with Crippen LogP contribution in [-0.4, -0.2) is 57.9 Å². The molecule has 3 aromatic rings. The molecule has 5 atom stereocenters. The molecule has 3 heterocycles. The van der Waals surface area contributed by atoms with Crippen molar-refractivity contribution in [3.8, 4) is 5.75 Å². The first-order valence-corrected chi connectivity index (χ1v) is 18.8. The van der Waals surface area contributed by atoms with E-state index in [-0.39, 0.29) is 41.9 Å². The van der Waals surface area contributed by atoms with Gasteiger partial charge in [-0.3, -0.25) is 14.5 Å². The fourth-order valence-corrected chi connectivity index (χ4v) is 11.9. The average molecular weight is 614 g/mol. The van der Waals surface area contributed by atoms with Gasteiger partial charge in [-0.05, 0) is 73.8 Å². The topological polar surface area (TPSA) is 100 Å². The third-order valence-corrected chi connectivity index (χ3v) is 14.5. The minimum Gasteiger partial charge on any atom is -0.497 e. The van der Waals surface area contributed by atoms with Crippen LogP contribution >= 0.6 is 0 Å². The van der Waals surface area contributed by atoms with Gasteiger partial charge in [0.05, 0.1) is 32.9 Å². The van der Waals surface area contributed by atoms with E-state index in [9.17, 15) is 14.7 Å². The first-order chi connectivity index (χ1) is 21.2. The second-order valence-corrected chi connectivity index (χ2v) is 17.6. The van der Waals surface area contributed by atoms with E-state index >= 15 is 0 Å². The Morgan fingerprint density at radius 3 is 2.55 bits per heavy atom. The number of para-hydroxylation sites is 1. The maximum Gasteiger partial charge on any atom is 0.268 e. The highest BCUT2D eigenvalue weighted by atomic mass is 28.3. The van der Waals surface area contributed by atoms with Crippen molar-refractivity contribution in [3.63, 3.8) is 0 Å². The van der Waals surface area contributed by atoms with Crippen LogP contribution in [0.25, 0.3) is 0 Å². The number of nitrogens with one attached hydrogen (secondary N) is 2. The van der Waals surface area contributed by atoms with Crippen molar-refractivity contribution < 1.29 is 24.2 Å². The lowest BCUT2D eigenvalue weighted by molar-refractivity contribution is -0.145. The van der Waals surface area contributed by atoms with Gasteiger partial charge in [-0.25, -0.2) is 0 Å². The van der Waals surface area contributed by atoms with Crippen LogP contribution in [0.4, 0.5) is 17.1 Å². The van der Waals surface area contributed by atoms with Gasteiger partial charge in [0.15, 0.2) is 5.60 Å². The summed E-state index contributed by atoms with van der Waals surface area (Å²) in [7, 11) is -0.630. The molecule has 3 N–H and O–H groups in total. The quantitative estimate of drug-likeness (QED) is 0.312. The summed E-state index contributed by atoms with van der Waals surface area (Å²) in [5, 5.41) is 17.9. The fourth-order valence-electron chi connectivity index (χ4n) is 7.87. The number of benzene rings is 3. The van der Waals surface area contributed by atoms with Crippen LogP contribution in [0, 0.1) is 11.8 Å². The van der Waals surface area contributed by atoms with Gasteiger partial charge in [-0.2, -0.15) is 0 Å². The Kier molecular flexibility index (Phi) is 8.41. The van der Waals surface area contributed by atoms with E-state index in [0.717, 1.165) is 42.1 Å². The SMILES string of the molecule is COc1ccc([Si](C)(C)[C@H]2[C@H](CCO)O[C@@]3(C(=O)N(c4ccccc4)c4ccc(NC(=O)C5CCCNC5)cc43)[C@@H]2C)cc1. The van der Waals surface area contributed by atoms with Crippen molar-refractivity contribution in [2.45, 2.75) is 56.5 Å². The van der Waals surface area contributed by atoms with Crippen molar-refractivity contribution in [2.75, 3.05) is 37.0 Å². The third-order valence-electron chi connectivity index (χ3n) is 10.1. The summed E-state index contributed by atoms with van der Waals surface area (Å²) in [5.74, 6) is 0.367. The molecule has 9 heteroatoms. The third kappa shape index (κ3) is 5.05. The molecule has 3 aliphatic heterocycles. The molecule has 0 bridgehead atoms. The summed E-state index contributed by atoms with van der Waals surface area (Å²) >= 11 is 0. The molecule has 0 saturated carbocycles. The smallest absolute Gasteiger partial charge is 0.268 e. The molecule has 6 rings (SSSR count). The van der Waals surface area contributed by atoms with E-state index in [2.05, 4.69) is 42.8 Å². The van der Waals surface area contributed by atoms with Crippen molar-refractivity contribution >= 4 is 42.1 Å². The maximum absolute atomic E-state index is 14.9. The monoisotopic (exact) mass is 613 g/mol. The van der Waals surface area contributed by atoms with Crippen LogP contribution < -0.4 is 25.5 Å². The lowest BCUT2D eigenvalue weighted by Gasteiger charge is -2.37. The zero-order chi connectivity index (χ0) is 31.1. The molecule has 1 unspecified atom stereocenters. The summed E-state index contributed by atoms with van der Waals surface area (Å²) in [4.78, 5) is 29.9. The second kappa shape index (κ2) is 12.1. The molecule has 1 spiro atoms. The molecule has 0 aliphatic carbocycles.